The van der Waals surface area contributed by atoms with Gasteiger partial charge in [0.2, 0.25) is 0 Å². The molecule has 0 aliphatic carbocycles. The van der Waals surface area contributed by atoms with E-state index in [0.29, 0.717) is 18.6 Å². The Kier molecular flexibility index (Phi) is 4.59. The zero-order chi connectivity index (χ0) is 13.8. The molecule has 0 fully saturated rings. The number of rotatable bonds is 6. The Morgan fingerprint density at radius 1 is 1.39 bits per heavy atom. The quantitative estimate of drug-likeness (QED) is 0.815. The van der Waals surface area contributed by atoms with Crippen LogP contribution in [0.15, 0.2) is 18.2 Å². The summed E-state index contributed by atoms with van der Waals surface area (Å²) in [7, 11) is 1.58. The second-order valence-electron chi connectivity index (χ2n) is 4.42. The summed E-state index contributed by atoms with van der Waals surface area (Å²) in [4.78, 5) is 11.5. The molecule has 1 rings (SSSR count). The summed E-state index contributed by atoms with van der Waals surface area (Å²) in [5.41, 5.74) is 0.842. The third-order valence-corrected chi connectivity index (χ3v) is 3.35. The van der Waals surface area contributed by atoms with Gasteiger partial charge in [-0.3, -0.25) is 0 Å². The van der Waals surface area contributed by atoms with Gasteiger partial charge in [0.1, 0.15) is 11.3 Å². The molecule has 0 radical (unpaired) electrons. The molecule has 2 N–H and O–H groups in total. The molecule has 0 aliphatic heterocycles. The molecule has 0 amide bonds. The van der Waals surface area contributed by atoms with E-state index in [0.717, 1.165) is 11.3 Å². The van der Waals surface area contributed by atoms with Gasteiger partial charge < -0.3 is 15.2 Å². The maximum Gasteiger partial charge on any atom is 0.329 e. The molecule has 0 saturated carbocycles. The van der Waals surface area contributed by atoms with Crippen LogP contribution in [0.25, 0.3) is 0 Å². The summed E-state index contributed by atoms with van der Waals surface area (Å²) in [6.07, 6.45) is 1.02. The van der Waals surface area contributed by atoms with E-state index in [1.165, 1.54) is 0 Å². The van der Waals surface area contributed by atoms with E-state index < -0.39 is 11.5 Å². The van der Waals surface area contributed by atoms with Crippen molar-refractivity contribution in [1.29, 1.82) is 0 Å². The highest BCUT2D eigenvalue weighted by molar-refractivity contribution is 5.83. The SMILES string of the molecule is CCC(CC)(Nc1cc(C)ccc1OC)C(=O)O. The van der Waals surface area contributed by atoms with Gasteiger partial charge in [0.25, 0.3) is 0 Å². The molecule has 0 unspecified atom stereocenters. The van der Waals surface area contributed by atoms with Crippen molar-refractivity contribution in [1.82, 2.24) is 0 Å². The Hall–Kier alpha value is -1.71. The molecule has 4 nitrogen and oxygen atoms in total. The minimum Gasteiger partial charge on any atom is -0.495 e. The lowest BCUT2D eigenvalue weighted by atomic mass is 9.92. The summed E-state index contributed by atoms with van der Waals surface area (Å²) in [5.74, 6) is -0.177. The largest absolute Gasteiger partial charge is 0.495 e. The summed E-state index contributed by atoms with van der Waals surface area (Å²) >= 11 is 0. The topological polar surface area (TPSA) is 58.6 Å². The van der Waals surface area contributed by atoms with Gasteiger partial charge in [-0.1, -0.05) is 19.9 Å². The molecule has 1 aromatic carbocycles. The maximum absolute atomic E-state index is 11.5. The van der Waals surface area contributed by atoms with E-state index >= 15 is 0 Å². The number of benzene rings is 1. The maximum atomic E-state index is 11.5. The standard InChI is InChI=1S/C14H21NO3/c1-5-14(6-2,13(16)17)15-11-9-10(3)7-8-12(11)18-4/h7-9,15H,5-6H2,1-4H3,(H,16,17). The van der Waals surface area contributed by atoms with Crippen LogP contribution < -0.4 is 10.1 Å². The number of aliphatic carboxylic acids is 1. The number of carboxylic acids is 1. The van der Waals surface area contributed by atoms with Crippen LogP contribution in [-0.2, 0) is 4.79 Å². The number of nitrogens with one attached hydrogen (secondary N) is 1. The van der Waals surface area contributed by atoms with Crippen LogP contribution >= 0.6 is 0 Å². The lowest BCUT2D eigenvalue weighted by molar-refractivity contribution is -0.142. The zero-order valence-electron chi connectivity index (χ0n) is 11.4. The lowest BCUT2D eigenvalue weighted by Gasteiger charge is -2.30. The van der Waals surface area contributed by atoms with Crippen molar-refractivity contribution in [3.63, 3.8) is 0 Å². The van der Waals surface area contributed by atoms with Gasteiger partial charge in [-0.15, -0.1) is 0 Å². The molecule has 18 heavy (non-hydrogen) atoms. The lowest BCUT2D eigenvalue weighted by Crippen LogP contribution is -2.45. The molecule has 100 valence electrons. The molecule has 0 spiro atoms. The molecule has 0 aliphatic rings. The molecule has 4 heteroatoms. The third kappa shape index (κ3) is 2.75. The Morgan fingerprint density at radius 3 is 2.44 bits per heavy atom. The summed E-state index contributed by atoms with van der Waals surface area (Å²) in [6, 6.07) is 5.68. The van der Waals surface area contributed by atoms with E-state index in [1.807, 2.05) is 39.0 Å². The first-order valence-electron chi connectivity index (χ1n) is 6.15. The molecular weight excluding hydrogens is 230 g/mol. The van der Waals surface area contributed by atoms with Crippen molar-refractivity contribution in [3.05, 3.63) is 23.8 Å². The fourth-order valence-electron chi connectivity index (χ4n) is 1.96. The molecule has 0 saturated heterocycles. The molecular formula is C14H21NO3. The van der Waals surface area contributed by atoms with E-state index in [9.17, 15) is 9.90 Å². The predicted octanol–water partition coefficient (Wildman–Crippen LogP) is 3.06. The number of hydrogen-bond donors (Lipinski definition) is 2. The van der Waals surface area contributed by atoms with Crippen molar-refractivity contribution in [2.45, 2.75) is 39.2 Å². The van der Waals surface area contributed by atoms with Crippen LogP contribution in [0.5, 0.6) is 5.75 Å². The van der Waals surface area contributed by atoms with Crippen LogP contribution in [0, 0.1) is 6.92 Å². The highest BCUT2D eigenvalue weighted by atomic mass is 16.5. The second kappa shape index (κ2) is 5.76. The number of hydrogen-bond acceptors (Lipinski definition) is 3. The van der Waals surface area contributed by atoms with Gasteiger partial charge in [-0.05, 0) is 37.5 Å². The Labute approximate surface area is 108 Å². The number of methoxy groups -OCH3 is 1. The van der Waals surface area contributed by atoms with Gasteiger partial charge >= 0.3 is 5.97 Å². The predicted molar refractivity (Wildman–Crippen MR) is 72.3 cm³/mol. The first-order chi connectivity index (χ1) is 8.49. The van der Waals surface area contributed by atoms with Crippen molar-refractivity contribution >= 4 is 11.7 Å². The number of carboxylic acid groups (broad SMARTS) is 1. The number of carbonyl (C=O) groups is 1. The average molecular weight is 251 g/mol. The van der Waals surface area contributed by atoms with E-state index in [1.54, 1.807) is 7.11 Å². The molecule has 0 heterocycles. The van der Waals surface area contributed by atoms with Gasteiger partial charge in [-0.2, -0.15) is 0 Å². The fraction of sp³-hybridized carbons (Fsp3) is 0.500. The molecule has 1 aromatic rings. The van der Waals surface area contributed by atoms with E-state index in [4.69, 9.17) is 4.74 Å². The summed E-state index contributed by atoms with van der Waals surface area (Å²) in [6.45, 7) is 5.70. The third-order valence-electron chi connectivity index (χ3n) is 3.35. The molecule has 0 bridgehead atoms. The fourth-order valence-corrected chi connectivity index (χ4v) is 1.96. The van der Waals surface area contributed by atoms with Crippen LogP contribution in [0.2, 0.25) is 0 Å². The summed E-state index contributed by atoms with van der Waals surface area (Å²) in [5, 5.41) is 12.5. The first kappa shape index (κ1) is 14.4. The van der Waals surface area contributed by atoms with Crippen molar-refractivity contribution in [3.8, 4) is 5.75 Å². The summed E-state index contributed by atoms with van der Waals surface area (Å²) < 4.78 is 5.26. The van der Waals surface area contributed by atoms with Gasteiger partial charge in [0.15, 0.2) is 0 Å². The van der Waals surface area contributed by atoms with Gasteiger partial charge in [0.05, 0.1) is 12.8 Å². The Balaban J connectivity index is 3.15. The van der Waals surface area contributed by atoms with Gasteiger partial charge in [0, 0.05) is 0 Å². The average Bonchev–Trinajstić information content (AvgIpc) is 2.36. The Bertz CT molecular complexity index is 425. The van der Waals surface area contributed by atoms with Crippen molar-refractivity contribution < 1.29 is 14.6 Å². The molecule has 0 atom stereocenters. The van der Waals surface area contributed by atoms with E-state index in [2.05, 4.69) is 5.32 Å². The second-order valence-corrected chi connectivity index (χ2v) is 4.42. The van der Waals surface area contributed by atoms with Crippen LogP contribution in [0.4, 0.5) is 5.69 Å². The number of ether oxygens (including phenoxy) is 1. The van der Waals surface area contributed by atoms with Gasteiger partial charge in [-0.25, -0.2) is 4.79 Å². The zero-order valence-corrected chi connectivity index (χ0v) is 11.4. The van der Waals surface area contributed by atoms with Crippen LogP contribution in [0.1, 0.15) is 32.3 Å². The minimum absolute atomic E-state index is 0.510. The van der Waals surface area contributed by atoms with Crippen LogP contribution in [-0.4, -0.2) is 23.7 Å². The van der Waals surface area contributed by atoms with E-state index in [-0.39, 0.29) is 0 Å². The highest BCUT2D eigenvalue weighted by Crippen LogP contribution is 2.30. The molecule has 0 aromatic heterocycles. The van der Waals surface area contributed by atoms with Crippen LogP contribution in [0.3, 0.4) is 0 Å². The van der Waals surface area contributed by atoms with Crippen molar-refractivity contribution in [2.24, 2.45) is 0 Å². The Morgan fingerprint density at radius 2 is 2.00 bits per heavy atom. The minimum atomic E-state index is -0.943. The first-order valence-corrected chi connectivity index (χ1v) is 6.15. The smallest absolute Gasteiger partial charge is 0.329 e. The van der Waals surface area contributed by atoms with Crippen molar-refractivity contribution in [2.75, 3.05) is 12.4 Å². The number of anilines is 1. The normalized spacial score (nSPS) is 11.1. The highest BCUT2D eigenvalue weighted by Gasteiger charge is 2.35. The number of aryl methyl sites for hydroxylation is 1. The monoisotopic (exact) mass is 251 g/mol.